The molecular weight excluding hydrogens is 370 g/mol. The van der Waals surface area contributed by atoms with Crippen LogP contribution >= 0.6 is 0 Å². The van der Waals surface area contributed by atoms with Gasteiger partial charge in [-0.2, -0.15) is 4.31 Å². The van der Waals surface area contributed by atoms with Crippen molar-refractivity contribution < 1.29 is 12.8 Å². The van der Waals surface area contributed by atoms with E-state index >= 15 is 0 Å². The zero-order chi connectivity index (χ0) is 19.3. The topological polar surface area (TPSA) is 116 Å². The number of benzene rings is 1. The number of fused-ring (bicyclic) bond motifs is 1. The number of hydrogen-bond donors (Lipinski definition) is 2. The van der Waals surface area contributed by atoms with E-state index in [1.165, 1.54) is 29.6 Å². The Hall–Kier alpha value is -2.65. The van der Waals surface area contributed by atoms with Crippen molar-refractivity contribution in [2.24, 2.45) is 5.92 Å². The van der Waals surface area contributed by atoms with E-state index in [1.54, 1.807) is 6.07 Å². The largest absolute Gasteiger partial charge is 0.464 e. The summed E-state index contributed by atoms with van der Waals surface area (Å²) in [6.45, 7) is 2.25. The Bertz CT molecular complexity index is 1240. The normalized spacial score (nSPS) is 19.7. The average Bonchev–Trinajstić information content (AvgIpc) is 3.17. The summed E-state index contributed by atoms with van der Waals surface area (Å²) in [7, 11) is -2.33. The molecule has 1 aliphatic rings. The molecule has 9 heteroatoms. The molecule has 4 rings (SSSR count). The minimum atomic E-state index is -3.80. The molecule has 1 aromatic carbocycles. The second kappa shape index (κ2) is 6.21. The van der Waals surface area contributed by atoms with E-state index in [4.69, 9.17) is 4.42 Å². The molecule has 0 saturated heterocycles. The number of H-pyrrole nitrogens is 2. The number of furan rings is 1. The predicted octanol–water partition coefficient (Wildman–Crippen LogP) is 1.75. The number of hydrogen-bond acceptors (Lipinski definition) is 5. The van der Waals surface area contributed by atoms with Crippen LogP contribution in [0.3, 0.4) is 0 Å². The van der Waals surface area contributed by atoms with Gasteiger partial charge in [-0.25, -0.2) is 8.42 Å². The minimum absolute atomic E-state index is 0.0165. The van der Waals surface area contributed by atoms with Crippen LogP contribution in [-0.2, 0) is 16.6 Å². The summed E-state index contributed by atoms with van der Waals surface area (Å²) < 4.78 is 32.7. The molecular formula is C18H19N3O5S. The van der Waals surface area contributed by atoms with Crippen molar-refractivity contribution in [3.63, 3.8) is 0 Å². The van der Waals surface area contributed by atoms with Gasteiger partial charge < -0.3 is 14.4 Å². The molecule has 2 aromatic heterocycles. The minimum Gasteiger partial charge on any atom is -0.464 e. The third-order valence-corrected chi connectivity index (χ3v) is 6.74. The molecule has 2 unspecified atom stereocenters. The first-order valence-electron chi connectivity index (χ1n) is 8.57. The molecule has 27 heavy (non-hydrogen) atoms. The molecule has 2 atom stereocenters. The van der Waals surface area contributed by atoms with Gasteiger partial charge >= 0.3 is 11.1 Å². The molecule has 142 valence electrons. The summed E-state index contributed by atoms with van der Waals surface area (Å²) in [5, 5.41) is 0. The van der Waals surface area contributed by atoms with E-state index in [1.807, 2.05) is 6.07 Å². The number of nitrogens with one attached hydrogen (secondary N) is 2. The fraction of sp³-hybridized carbons (Fsp3) is 0.333. The standard InChI is InChI=1S/C18H19N3O5S/c1-10-7-13(10)16-6-3-11(26-16)9-21(2)27(24,25)12-4-5-14-15(8-12)20-18(23)17(22)19-14/h3-6,8,10,13H,7,9H2,1-2H3,(H,19,22)(H,20,23). The van der Waals surface area contributed by atoms with Crippen LogP contribution in [0, 0.1) is 5.92 Å². The summed E-state index contributed by atoms with van der Waals surface area (Å²) in [4.78, 5) is 27.7. The lowest BCUT2D eigenvalue weighted by Crippen LogP contribution is -2.29. The van der Waals surface area contributed by atoms with Crippen LogP contribution in [0.1, 0.15) is 30.8 Å². The fourth-order valence-electron chi connectivity index (χ4n) is 3.14. The van der Waals surface area contributed by atoms with E-state index in [0.29, 0.717) is 23.1 Å². The summed E-state index contributed by atoms with van der Waals surface area (Å²) in [5.41, 5.74) is -1.01. The Morgan fingerprint density at radius 3 is 2.44 bits per heavy atom. The lowest BCUT2D eigenvalue weighted by atomic mass is 10.3. The molecule has 1 aliphatic carbocycles. The SMILES string of the molecule is CC1CC1c1ccc(CN(C)S(=O)(=O)c2ccc3[nH]c(=O)c(=O)[nH]c3c2)o1. The van der Waals surface area contributed by atoms with Gasteiger partial charge in [-0.05, 0) is 42.7 Å². The third-order valence-electron chi connectivity index (χ3n) is 4.94. The van der Waals surface area contributed by atoms with Crippen molar-refractivity contribution in [2.45, 2.75) is 30.7 Å². The van der Waals surface area contributed by atoms with E-state index in [-0.39, 0.29) is 17.0 Å². The molecule has 0 amide bonds. The summed E-state index contributed by atoms with van der Waals surface area (Å²) >= 11 is 0. The number of aromatic amines is 2. The molecule has 0 radical (unpaired) electrons. The first-order chi connectivity index (χ1) is 12.8. The van der Waals surface area contributed by atoms with Crippen molar-refractivity contribution >= 4 is 21.1 Å². The number of aromatic nitrogens is 2. The Labute approximate surface area is 154 Å². The van der Waals surface area contributed by atoms with E-state index in [2.05, 4.69) is 16.9 Å². The maximum absolute atomic E-state index is 12.9. The maximum Gasteiger partial charge on any atom is 0.314 e. The zero-order valence-electron chi connectivity index (χ0n) is 14.9. The van der Waals surface area contributed by atoms with E-state index in [9.17, 15) is 18.0 Å². The van der Waals surface area contributed by atoms with Crippen LogP contribution < -0.4 is 11.1 Å². The molecule has 1 fully saturated rings. The molecule has 0 bridgehead atoms. The van der Waals surface area contributed by atoms with Gasteiger partial charge in [0.15, 0.2) is 0 Å². The van der Waals surface area contributed by atoms with Gasteiger partial charge in [-0.3, -0.25) is 9.59 Å². The van der Waals surface area contributed by atoms with Crippen LogP contribution in [-0.4, -0.2) is 29.7 Å². The number of nitrogens with zero attached hydrogens (tertiary/aromatic N) is 1. The summed E-state index contributed by atoms with van der Waals surface area (Å²) in [6.07, 6.45) is 1.10. The van der Waals surface area contributed by atoms with Gasteiger partial charge in [-0.15, -0.1) is 0 Å². The van der Waals surface area contributed by atoms with Gasteiger partial charge in [0.05, 0.1) is 22.5 Å². The van der Waals surface area contributed by atoms with Crippen LogP contribution in [0.25, 0.3) is 11.0 Å². The lowest BCUT2D eigenvalue weighted by Gasteiger charge is -2.16. The van der Waals surface area contributed by atoms with Crippen molar-refractivity contribution in [1.29, 1.82) is 0 Å². The monoisotopic (exact) mass is 389 g/mol. The highest BCUT2D eigenvalue weighted by atomic mass is 32.2. The van der Waals surface area contributed by atoms with Crippen molar-refractivity contribution in [3.05, 3.63) is 62.6 Å². The van der Waals surface area contributed by atoms with Crippen molar-refractivity contribution in [3.8, 4) is 0 Å². The quantitative estimate of drug-likeness (QED) is 0.645. The Balaban J connectivity index is 1.61. The molecule has 2 heterocycles. The third kappa shape index (κ3) is 3.24. The average molecular weight is 389 g/mol. The lowest BCUT2D eigenvalue weighted by molar-refractivity contribution is 0.390. The molecule has 8 nitrogen and oxygen atoms in total. The summed E-state index contributed by atoms with van der Waals surface area (Å²) in [6, 6.07) is 7.88. The van der Waals surface area contributed by atoms with Crippen molar-refractivity contribution in [1.82, 2.24) is 14.3 Å². The molecule has 1 saturated carbocycles. The van der Waals surface area contributed by atoms with Crippen LogP contribution in [0.5, 0.6) is 0 Å². The maximum atomic E-state index is 12.9. The molecule has 0 aliphatic heterocycles. The first-order valence-corrected chi connectivity index (χ1v) is 10.0. The Morgan fingerprint density at radius 2 is 1.78 bits per heavy atom. The highest BCUT2D eigenvalue weighted by Gasteiger charge is 2.36. The van der Waals surface area contributed by atoms with Crippen LogP contribution in [0.2, 0.25) is 0 Å². The molecule has 3 aromatic rings. The van der Waals surface area contributed by atoms with Gasteiger partial charge in [0.1, 0.15) is 11.5 Å². The second-order valence-electron chi connectivity index (χ2n) is 7.00. The Kier molecular flexibility index (Phi) is 4.08. The van der Waals surface area contributed by atoms with Crippen molar-refractivity contribution in [2.75, 3.05) is 7.05 Å². The van der Waals surface area contributed by atoms with E-state index < -0.39 is 21.1 Å². The fourth-order valence-corrected chi connectivity index (χ4v) is 4.30. The number of sulfonamides is 1. The smallest absolute Gasteiger partial charge is 0.314 e. The van der Waals surface area contributed by atoms with Gasteiger partial charge in [-0.1, -0.05) is 6.92 Å². The van der Waals surface area contributed by atoms with Crippen LogP contribution in [0.15, 0.2) is 49.2 Å². The Morgan fingerprint density at radius 1 is 1.11 bits per heavy atom. The van der Waals surface area contributed by atoms with E-state index in [0.717, 1.165) is 12.2 Å². The highest BCUT2D eigenvalue weighted by molar-refractivity contribution is 7.89. The van der Waals surface area contributed by atoms with Gasteiger partial charge in [0, 0.05) is 13.0 Å². The summed E-state index contributed by atoms with van der Waals surface area (Å²) in [5.74, 6) is 2.51. The predicted molar refractivity (Wildman–Crippen MR) is 99.1 cm³/mol. The van der Waals surface area contributed by atoms with Gasteiger partial charge in [0.2, 0.25) is 10.0 Å². The zero-order valence-corrected chi connectivity index (χ0v) is 15.7. The number of rotatable bonds is 5. The second-order valence-corrected chi connectivity index (χ2v) is 9.05. The highest BCUT2D eigenvalue weighted by Crippen LogP contribution is 2.47. The first kappa shape index (κ1) is 17.7. The molecule has 2 N–H and O–H groups in total. The van der Waals surface area contributed by atoms with Crippen LogP contribution in [0.4, 0.5) is 0 Å². The van der Waals surface area contributed by atoms with Gasteiger partial charge in [0.25, 0.3) is 0 Å². The molecule has 0 spiro atoms.